The maximum absolute atomic E-state index is 13.9. The molecule has 0 saturated carbocycles. The second kappa shape index (κ2) is 5.57. The predicted molar refractivity (Wildman–Crippen MR) is 84.9 cm³/mol. The van der Waals surface area contributed by atoms with Crippen molar-refractivity contribution >= 4 is 27.3 Å². The molecule has 0 bridgehead atoms. The van der Waals surface area contributed by atoms with Crippen LogP contribution in [0.5, 0.6) is 0 Å². The molecule has 1 unspecified atom stereocenters. The van der Waals surface area contributed by atoms with Gasteiger partial charge in [-0.1, -0.05) is 36.7 Å². The van der Waals surface area contributed by atoms with Crippen LogP contribution in [0.15, 0.2) is 24.3 Å². The van der Waals surface area contributed by atoms with E-state index in [1.54, 1.807) is 24.3 Å². The third kappa shape index (κ3) is 3.12. The van der Waals surface area contributed by atoms with Crippen molar-refractivity contribution in [2.45, 2.75) is 37.9 Å². The minimum atomic E-state index is -0.513. The normalized spacial score (nSPS) is 13.6. The molecular weight excluding hydrogens is 342 g/mol. The monoisotopic (exact) mass is 358 g/mol. The van der Waals surface area contributed by atoms with E-state index in [0.717, 1.165) is 10.9 Å². The maximum Gasteiger partial charge on any atom is 0.130 e. The molecule has 0 aliphatic carbocycles. The fourth-order valence-electron chi connectivity index (χ4n) is 1.92. The Hall–Kier alpha value is -0.740. The molecule has 0 fully saturated rings. The van der Waals surface area contributed by atoms with Gasteiger partial charge in [-0.05, 0) is 36.1 Å². The average molecular weight is 359 g/mol. The van der Waals surface area contributed by atoms with E-state index >= 15 is 0 Å². The van der Waals surface area contributed by atoms with Crippen LogP contribution in [0.2, 0.25) is 0 Å². The number of rotatable bonds is 2. The summed E-state index contributed by atoms with van der Waals surface area (Å²) >= 11 is 5.19. The summed E-state index contributed by atoms with van der Waals surface area (Å²) in [7, 11) is 0. The molecule has 0 radical (unpaired) electrons. The molecule has 0 nitrogen and oxygen atoms in total. The summed E-state index contributed by atoms with van der Waals surface area (Å²) in [6, 6.07) is 6.60. The number of alkyl halides is 1. The van der Waals surface area contributed by atoms with Gasteiger partial charge in [0.15, 0.2) is 0 Å². The Kier molecular flexibility index (Phi) is 4.35. The molecule has 4 heteroatoms. The second-order valence-electron chi connectivity index (χ2n) is 5.94. The fraction of sp³-hybridized carbons (Fsp3) is 0.375. The van der Waals surface area contributed by atoms with Crippen LogP contribution >= 0.6 is 27.3 Å². The summed E-state index contributed by atoms with van der Waals surface area (Å²) in [5.74, 6) is -1.02. The van der Waals surface area contributed by atoms with Gasteiger partial charge in [0, 0.05) is 21.4 Å². The first-order chi connectivity index (χ1) is 9.20. The third-order valence-electron chi connectivity index (χ3n) is 3.17. The number of thiophene rings is 1. The minimum Gasteiger partial charge on any atom is -0.207 e. The Balaban J connectivity index is 2.39. The van der Waals surface area contributed by atoms with Gasteiger partial charge in [0.05, 0.1) is 4.83 Å². The largest absolute Gasteiger partial charge is 0.207 e. The fourth-order valence-corrected chi connectivity index (χ4v) is 3.77. The molecule has 2 aromatic rings. The zero-order chi connectivity index (χ0) is 15.1. The highest BCUT2D eigenvalue weighted by molar-refractivity contribution is 9.09. The van der Waals surface area contributed by atoms with Gasteiger partial charge in [-0.15, -0.1) is 11.3 Å². The van der Waals surface area contributed by atoms with Crippen molar-refractivity contribution < 1.29 is 8.78 Å². The molecule has 108 valence electrons. The van der Waals surface area contributed by atoms with Crippen molar-refractivity contribution in [3.8, 4) is 0 Å². The van der Waals surface area contributed by atoms with E-state index in [-0.39, 0.29) is 10.2 Å². The quantitative estimate of drug-likeness (QED) is 0.567. The van der Waals surface area contributed by atoms with Gasteiger partial charge in [0.25, 0.3) is 0 Å². The van der Waals surface area contributed by atoms with Crippen molar-refractivity contribution in [1.82, 2.24) is 0 Å². The van der Waals surface area contributed by atoms with Gasteiger partial charge in [0.1, 0.15) is 11.6 Å². The van der Waals surface area contributed by atoms with Crippen LogP contribution in [-0.4, -0.2) is 0 Å². The summed E-state index contributed by atoms with van der Waals surface area (Å²) in [5, 5.41) is 0. The highest BCUT2D eigenvalue weighted by Crippen LogP contribution is 2.40. The molecule has 0 saturated heterocycles. The third-order valence-corrected chi connectivity index (χ3v) is 6.03. The van der Waals surface area contributed by atoms with Crippen LogP contribution in [0.3, 0.4) is 0 Å². The van der Waals surface area contributed by atoms with E-state index in [4.69, 9.17) is 0 Å². The summed E-state index contributed by atoms with van der Waals surface area (Å²) < 4.78 is 27.3. The molecule has 0 N–H and O–H groups in total. The molecule has 1 aromatic carbocycles. The molecular formula is C16H17BrF2S. The number of hydrogen-bond acceptors (Lipinski definition) is 1. The van der Waals surface area contributed by atoms with Crippen molar-refractivity contribution in [2.24, 2.45) is 0 Å². The number of benzene rings is 1. The van der Waals surface area contributed by atoms with Crippen LogP contribution < -0.4 is 0 Å². The molecule has 0 aliphatic rings. The van der Waals surface area contributed by atoms with E-state index in [9.17, 15) is 8.78 Å². The minimum absolute atomic E-state index is 0.0763. The topological polar surface area (TPSA) is 0 Å². The first kappa shape index (κ1) is 15.6. The van der Waals surface area contributed by atoms with E-state index in [0.29, 0.717) is 11.1 Å². The van der Waals surface area contributed by atoms with Crippen molar-refractivity contribution in [3.05, 3.63) is 56.8 Å². The highest BCUT2D eigenvalue weighted by Gasteiger charge is 2.22. The van der Waals surface area contributed by atoms with Gasteiger partial charge in [0.2, 0.25) is 0 Å². The number of aryl methyl sites for hydroxylation is 1. The van der Waals surface area contributed by atoms with Gasteiger partial charge in [-0.3, -0.25) is 0 Å². The Morgan fingerprint density at radius 2 is 1.75 bits per heavy atom. The first-order valence-electron chi connectivity index (χ1n) is 6.40. The highest BCUT2D eigenvalue weighted by atomic mass is 79.9. The second-order valence-corrected chi connectivity index (χ2v) is 7.97. The molecule has 0 aliphatic heterocycles. The molecule has 2 rings (SSSR count). The van der Waals surface area contributed by atoms with Crippen LogP contribution in [0.1, 0.15) is 46.5 Å². The van der Waals surface area contributed by atoms with Crippen molar-refractivity contribution in [1.29, 1.82) is 0 Å². The van der Waals surface area contributed by atoms with Crippen LogP contribution in [0.4, 0.5) is 8.78 Å². The van der Waals surface area contributed by atoms with Crippen LogP contribution in [0, 0.1) is 18.6 Å². The van der Waals surface area contributed by atoms with E-state index in [2.05, 4.69) is 42.8 Å². The van der Waals surface area contributed by atoms with Gasteiger partial charge in [-0.25, -0.2) is 8.78 Å². The summed E-state index contributed by atoms with van der Waals surface area (Å²) in [5.41, 5.74) is 1.01. The summed E-state index contributed by atoms with van der Waals surface area (Å²) in [6.45, 7) is 8.09. The lowest BCUT2D eigenvalue weighted by Crippen LogP contribution is -2.07. The lowest BCUT2D eigenvalue weighted by atomic mass is 9.95. The average Bonchev–Trinajstić information content (AvgIpc) is 2.82. The standard InChI is InChI=1S/C16H17BrF2S/c1-9-7-10(12(19)8-11(9)18)15(17)13-5-6-14(20-13)16(2,3)4/h5-8,15H,1-4H3. The first-order valence-corrected chi connectivity index (χ1v) is 8.13. The summed E-state index contributed by atoms with van der Waals surface area (Å²) in [4.78, 5) is 2.03. The molecule has 1 heterocycles. The Labute approximate surface area is 131 Å². The van der Waals surface area contributed by atoms with E-state index in [1.807, 2.05) is 6.07 Å². The predicted octanol–water partition coefficient (Wildman–Crippen LogP) is 6.12. The molecule has 1 aromatic heterocycles. The van der Waals surface area contributed by atoms with Gasteiger partial charge >= 0.3 is 0 Å². The lowest BCUT2D eigenvalue weighted by Gasteiger charge is -2.16. The summed E-state index contributed by atoms with van der Waals surface area (Å²) in [6.07, 6.45) is 0. The molecule has 0 amide bonds. The zero-order valence-electron chi connectivity index (χ0n) is 11.9. The molecule has 0 spiro atoms. The van der Waals surface area contributed by atoms with E-state index in [1.165, 1.54) is 4.88 Å². The molecule has 1 atom stereocenters. The Morgan fingerprint density at radius 3 is 2.30 bits per heavy atom. The van der Waals surface area contributed by atoms with Crippen molar-refractivity contribution in [2.75, 3.05) is 0 Å². The van der Waals surface area contributed by atoms with Crippen LogP contribution in [0.25, 0.3) is 0 Å². The Bertz CT molecular complexity index is 626. The van der Waals surface area contributed by atoms with Crippen LogP contribution in [-0.2, 0) is 5.41 Å². The zero-order valence-corrected chi connectivity index (χ0v) is 14.3. The lowest BCUT2D eigenvalue weighted by molar-refractivity contribution is 0.569. The van der Waals surface area contributed by atoms with Gasteiger partial charge in [-0.2, -0.15) is 0 Å². The number of hydrogen-bond donors (Lipinski definition) is 0. The molecule has 20 heavy (non-hydrogen) atoms. The Morgan fingerprint density at radius 1 is 1.10 bits per heavy atom. The maximum atomic E-state index is 13.9. The SMILES string of the molecule is Cc1cc(C(Br)c2ccc(C(C)(C)C)s2)c(F)cc1F. The van der Waals surface area contributed by atoms with Gasteiger partial charge < -0.3 is 0 Å². The smallest absolute Gasteiger partial charge is 0.130 e. The van der Waals surface area contributed by atoms with Crippen molar-refractivity contribution in [3.63, 3.8) is 0 Å². The number of halogens is 3. The van der Waals surface area contributed by atoms with E-state index < -0.39 is 11.6 Å².